The van der Waals surface area contributed by atoms with E-state index in [1.54, 1.807) is 7.11 Å². The fourth-order valence-electron chi connectivity index (χ4n) is 2.50. The van der Waals surface area contributed by atoms with Crippen LogP contribution in [0.1, 0.15) is 22.7 Å². The van der Waals surface area contributed by atoms with Crippen molar-refractivity contribution in [1.82, 2.24) is 10.2 Å². The fraction of sp³-hybridized carbons (Fsp3) is 0.316. The standard InChI is InChI=1S/C19H23N3O/c1-22(2)19(17-5-4-6-18(11-17)23-3)14-21-13-16-9-7-15(12-20)8-10-16/h4-11,19,21H,13-14H2,1-3H3. The zero-order valence-corrected chi connectivity index (χ0v) is 13.9. The van der Waals surface area contributed by atoms with Crippen LogP contribution in [0.4, 0.5) is 0 Å². The first-order valence-electron chi connectivity index (χ1n) is 7.64. The summed E-state index contributed by atoms with van der Waals surface area (Å²) in [6.45, 7) is 1.61. The average molecular weight is 309 g/mol. The van der Waals surface area contributed by atoms with Gasteiger partial charge in [0.05, 0.1) is 18.7 Å². The molecule has 0 aliphatic carbocycles. The van der Waals surface area contributed by atoms with Gasteiger partial charge in [-0.2, -0.15) is 5.26 Å². The third-order valence-electron chi connectivity index (χ3n) is 3.85. The van der Waals surface area contributed by atoms with Crippen LogP contribution in [-0.4, -0.2) is 32.6 Å². The lowest BCUT2D eigenvalue weighted by Gasteiger charge is -2.25. The lowest BCUT2D eigenvalue weighted by atomic mass is 10.1. The van der Waals surface area contributed by atoms with E-state index in [4.69, 9.17) is 10.00 Å². The minimum atomic E-state index is 0.267. The maximum Gasteiger partial charge on any atom is 0.119 e. The topological polar surface area (TPSA) is 48.3 Å². The summed E-state index contributed by atoms with van der Waals surface area (Å²) < 4.78 is 5.32. The second-order valence-electron chi connectivity index (χ2n) is 5.70. The van der Waals surface area contributed by atoms with E-state index in [1.165, 1.54) is 11.1 Å². The minimum Gasteiger partial charge on any atom is -0.497 e. The van der Waals surface area contributed by atoms with Crippen molar-refractivity contribution in [3.63, 3.8) is 0 Å². The van der Waals surface area contributed by atoms with Gasteiger partial charge in [0.15, 0.2) is 0 Å². The molecule has 0 aliphatic heterocycles. The Labute approximate surface area is 138 Å². The highest BCUT2D eigenvalue weighted by molar-refractivity contribution is 5.32. The fourth-order valence-corrected chi connectivity index (χ4v) is 2.50. The van der Waals surface area contributed by atoms with E-state index < -0.39 is 0 Å². The number of nitrogens with zero attached hydrogens (tertiary/aromatic N) is 2. The van der Waals surface area contributed by atoms with Crippen LogP contribution in [0, 0.1) is 11.3 Å². The molecule has 0 saturated heterocycles. The zero-order chi connectivity index (χ0) is 16.7. The van der Waals surface area contributed by atoms with E-state index in [0.717, 1.165) is 18.8 Å². The highest BCUT2D eigenvalue weighted by Gasteiger charge is 2.14. The summed E-state index contributed by atoms with van der Waals surface area (Å²) >= 11 is 0. The summed E-state index contributed by atoms with van der Waals surface area (Å²) in [5, 5.41) is 12.3. The summed E-state index contributed by atoms with van der Waals surface area (Å²) in [5.74, 6) is 0.876. The summed E-state index contributed by atoms with van der Waals surface area (Å²) in [7, 11) is 5.84. The van der Waals surface area contributed by atoms with Crippen LogP contribution in [0.3, 0.4) is 0 Å². The predicted molar refractivity (Wildman–Crippen MR) is 92.3 cm³/mol. The summed E-state index contributed by atoms with van der Waals surface area (Å²) in [5.41, 5.74) is 3.09. The summed E-state index contributed by atoms with van der Waals surface area (Å²) in [6, 6.07) is 18.3. The molecule has 1 unspecified atom stereocenters. The molecule has 0 amide bonds. The normalized spacial score (nSPS) is 12.0. The number of hydrogen-bond acceptors (Lipinski definition) is 4. The van der Waals surface area contributed by atoms with Crippen molar-refractivity contribution in [2.45, 2.75) is 12.6 Å². The first kappa shape index (κ1) is 17.0. The van der Waals surface area contributed by atoms with Crippen LogP contribution < -0.4 is 10.1 Å². The molecule has 4 heteroatoms. The van der Waals surface area contributed by atoms with Gasteiger partial charge in [0, 0.05) is 19.1 Å². The molecule has 0 fully saturated rings. The van der Waals surface area contributed by atoms with Gasteiger partial charge in [-0.25, -0.2) is 0 Å². The van der Waals surface area contributed by atoms with Gasteiger partial charge >= 0.3 is 0 Å². The molecular formula is C19H23N3O. The Hall–Kier alpha value is -2.35. The molecule has 0 heterocycles. The molecule has 2 rings (SSSR count). The van der Waals surface area contributed by atoms with Gasteiger partial charge in [0.2, 0.25) is 0 Å². The second-order valence-corrected chi connectivity index (χ2v) is 5.70. The van der Waals surface area contributed by atoms with Crippen LogP contribution in [0.25, 0.3) is 0 Å². The van der Waals surface area contributed by atoms with E-state index >= 15 is 0 Å². The third kappa shape index (κ3) is 4.82. The van der Waals surface area contributed by atoms with Crippen molar-refractivity contribution in [1.29, 1.82) is 5.26 Å². The van der Waals surface area contributed by atoms with Gasteiger partial charge in [0.1, 0.15) is 5.75 Å². The van der Waals surface area contributed by atoms with Crippen molar-refractivity contribution in [2.24, 2.45) is 0 Å². The van der Waals surface area contributed by atoms with E-state index in [1.807, 2.05) is 36.4 Å². The molecule has 0 aromatic heterocycles. The average Bonchev–Trinajstić information content (AvgIpc) is 2.59. The summed E-state index contributed by atoms with van der Waals surface area (Å²) in [6.07, 6.45) is 0. The molecule has 120 valence electrons. The van der Waals surface area contributed by atoms with Crippen molar-refractivity contribution >= 4 is 0 Å². The highest BCUT2D eigenvalue weighted by Crippen LogP contribution is 2.22. The lowest BCUT2D eigenvalue weighted by Crippen LogP contribution is -2.30. The number of hydrogen-bond donors (Lipinski definition) is 1. The maximum atomic E-state index is 8.83. The molecule has 1 atom stereocenters. The SMILES string of the molecule is COc1cccc(C(CNCc2ccc(C#N)cc2)N(C)C)c1. The van der Waals surface area contributed by atoms with Crippen molar-refractivity contribution < 1.29 is 4.74 Å². The Morgan fingerprint density at radius 2 is 1.91 bits per heavy atom. The molecule has 2 aromatic carbocycles. The number of rotatable bonds is 7. The van der Waals surface area contributed by atoms with Crippen molar-refractivity contribution in [3.8, 4) is 11.8 Å². The number of nitriles is 1. The first-order valence-corrected chi connectivity index (χ1v) is 7.64. The molecule has 2 aromatic rings. The molecule has 23 heavy (non-hydrogen) atoms. The van der Waals surface area contributed by atoms with Crippen LogP contribution in [0.2, 0.25) is 0 Å². The Bertz CT molecular complexity index is 659. The van der Waals surface area contributed by atoms with Crippen molar-refractivity contribution in [3.05, 3.63) is 65.2 Å². The molecule has 0 spiro atoms. The highest BCUT2D eigenvalue weighted by atomic mass is 16.5. The largest absolute Gasteiger partial charge is 0.497 e. The molecule has 0 radical (unpaired) electrons. The second kappa shape index (κ2) is 8.33. The van der Waals surface area contributed by atoms with Crippen LogP contribution in [0.15, 0.2) is 48.5 Å². The third-order valence-corrected chi connectivity index (χ3v) is 3.85. The molecule has 0 bridgehead atoms. The predicted octanol–water partition coefficient (Wildman–Crippen LogP) is 2.96. The number of nitrogens with one attached hydrogen (secondary N) is 1. The lowest BCUT2D eigenvalue weighted by molar-refractivity contribution is 0.287. The molecule has 0 aliphatic rings. The smallest absolute Gasteiger partial charge is 0.119 e. The van der Waals surface area contributed by atoms with Gasteiger partial charge in [-0.05, 0) is 49.5 Å². The van der Waals surface area contributed by atoms with Gasteiger partial charge < -0.3 is 15.0 Å². The van der Waals surface area contributed by atoms with Crippen LogP contribution in [0.5, 0.6) is 5.75 Å². The first-order chi connectivity index (χ1) is 11.1. The Kier molecular flexibility index (Phi) is 6.16. The quantitative estimate of drug-likeness (QED) is 0.854. The molecule has 1 N–H and O–H groups in total. The van der Waals surface area contributed by atoms with Crippen LogP contribution in [-0.2, 0) is 6.54 Å². The molecule has 0 saturated carbocycles. The van der Waals surface area contributed by atoms with E-state index in [9.17, 15) is 0 Å². The molecular weight excluding hydrogens is 286 g/mol. The van der Waals surface area contributed by atoms with Gasteiger partial charge in [-0.3, -0.25) is 0 Å². The summed E-state index contributed by atoms with van der Waals surface area (Å²) in [4.78, 5) is 2.19. The number of likely N-dealkylation sites (N-methyl/N-ethyl adjacent to an activating group) is 1. The maximum absolute atomic E-state index is 8.83. The van der Waals surface area contributed by atoms with Crippen LogP contribution >= 0.6 is 0 Å². The van der Waals surface area contributed by atoms with Gasteiger partial charge in [-0.15, -0.1) is 0 Å². The monoisotopic (exact) mass is 309 g/mol. The van der Waals surface area contributed by atoms with Gasteiger partial charge in [-0.1, -0.05) is 24.3 Å². The van der Waals surface area contributed by atoms with Crippen molar-refractivity contribution in [2.75, 3.05) is 27.7 Å². The van der Waals surface area contributed by atoms with E-state index in [2.05, 4.69) is 42.5 Å². The zero-order valence-electron chi connectivity index (χ0n) is 13.9. The van der Waals surface area contributed by atoms with Gasteiger partial charge in [0.25, 0.3) is 0 Å². The Morgan fingerprint density at radius 3 is 2.52 bits per heavy atom. The Morgan fingerprint density at radius 1 is 1.17 bits per heavy atom. The van der Waals surface area contributed by atoms with E-state index in [-0.39, 0.29) is 6.04 Å². The number of methoxy groups -OCH3 is 1. The minimum absolute atomic E-state index is 0.267. The number of benzene rings is 2. The number of ether oxygens (including phenoxy) is 1. The molecule has 4 nitrogen and oxygen atoms in total. The van der Waals surface area contributed by atoms with E-state index in [0.29, 0.717) is 5.56 Å². The Balaban J connectivity index is 1.98.